The smallest absolute Gasteiger partial charge is 0.114 e. The van der Waals surface area contributed by atoms with Gasteiger partial charge in [0.15, 0.2) is 0 Å². The van der Waals surface area contributed by atoms with Gasteiger partial charge in [0, 0.05) is 18.4 Å². The maximum absolute atomic E-state index is 2.46. The molecule has 0 aliphatic rings. The largest absolute Gasteiger partial charge is 0.331 e. The van der Waals surface area contributed by atoms with E-state index in [1.807, 2.05) is 0 Å². The molecule has 222 valence electrons. The van der Waals surface area contributed by atoms with Crippen molar-refractivity contribution < 1.29 is 8.97 Å². The van der Waals surface area contributed by atoms with E-state index in [-0.39, 0.29) is 0 Å². The first-order valence-corrected chi connectivity index (χ1v) is 16.9. The number of hydrogen-bond donors (Lipinski definition) is 0. The molecule has 1 aromatic carbocycles. The molecule has 0 heterocycles. The van der Waals surface area contributed by atoms with Gasteiger partial charge >= 0.3 is 0 Å². The fourth-order valence-electron chi connectivity index (χ4n) is 6.12. The minimum Gasteiger partial charge on any atom is -0.331 e. The molecule has 0 N–H and O–H groups in total. The van der Waals surface area contributed by atoms with Crippen molar-refractivity contribution >= 4 is 0 Å². The third-order valence-electron chi connectivity index (χ3n) is 8.67. The van der Waals surface area contributed by atoms with E-state index >= 15 is 0 Å². The first kappa shape index (κ1) is 35.2. The summed E-state index contributed by atoms with van der Waals surface area (Å²) in [5.74, 6) is 0. The minimum atomic E-state index is 0.620. The Labute approximate surface area is 240 Å². The van der Waals surface area contributed by atoms with Crippen LogP contribution in [0.15, 0.2) is 30.3 Å². The van der Waals surface area contributed by atoms with Gasteiger partial charge in [-0.3, -0.25) is 0 Å². The van der Waals surface area contributed by atoms with Gasteiger partial charge in [-0.25, -0.2) is 0 Å². The second-order valence-corrected chi connectivity index (χ2v) is 13.9. The minimum absolute atomic E-state index is 0.620. The Bertz CT molecular complexity index is 630. The third-order valence-corrected chi connectivity index (χ3v) is 8.67. The maximum Gasteiger partial charge on any atom is 0.114 e. The van der Waals surface area contributed by atoms with Crippen LogP contribution >= 0.6 is 0 Å². The quantitative estimate of drug-likeness (QED) is 0.0825. The summed E-state index contributed by atoms with van der Waals surface area (Å²) in [5.41, 5.74) is 1.53. The van der Waals surface area contributed by atoms with E-state index in [0.29, 0.717) is 6.04 Å². The van der Waals surface area contributed by atoms with E-state index < -0.39 is 0 Å². The van der Waals surface area contributed by atoms with Crippen molar-refractivity contribution in [3.63, 3.8) is 0 Å². The highest BCUT2D eigenvalue weighted by molar-refractivity contribution is 5.17. The fourth-order valence-corrected chi connectivity index (χ4v) is 6.12. The van der Waals surface area contributed by atoms with Crippen LogP contribution < -0.4 is 0 Å². The normalized spacial score (nSPS) is 13.2. The van der Waals surface area contributed by atoms with Crippen LogP contribution in [-0.4, -0.2) is 57.3 Å². The molecule has 0 fully saturated rings. The summed E-state index contributed by atoms with van der Waals surface area (Å²) in [5, 5.41) is 0. The summed E-state index contributed by atoms with van der Waals surface area (Å²) < 4.78 is 2.18. The SMILES string of the molecule is CCCCCCCCCCCCCCCCCCCCCC(c1ccccc1)[N+](C)(C)CCC[N+](C)(C)C. The average molecular weight is 531 g/mol. The molecule has 1 rings (SSSR count). The zero-order chi connectivity index (χ0) is 28.0. The molecule has 0 aromatic heterocycles. The molecular formula is C36H70N2+2. The first-order valence-electron chi connectivity index (χ1n) is 16.9. The van der Waals surface area contributed by atoms with Crippen molar-refractivity contribution in [2.45, 2.75) is 148 Å². The molecule has 0 saturated heterocycles. The highest BCUT2D eigenvalue weighted by Crippen LogP contribution is 2.31. The monoisotopic (exact) mass is 531 g/mol. The molecule has 0 aliphatic heterocycles. The second-order valence-electron chi connectivity index (χ2n) is 13.9. The molecule has 38 heavy (non-hydrogen) atoms. The first-order chi connectivity index (χ1) is 18.3. The predicted molar refractivity (Wildman–Crippen MR) is 172 cm³/mol. The Morgan fingerprint density at radius 1 is 0.474 bits per heavy atom. The highest BCUT2D eigenvalue weighted by atomic mass is 15.3. The second kappa shape index (κ2) is 21.9. The van der Waals surface area contributed by atoms with Crippen LogP contribution in [0.25, 0.3) is 0 Å². The standard InChI is InChI=1S/C36H70N2/c1-7-8-9-10-11-12-13-14-15-16-17-18-19-20-21-22-23-24-28-32-36(35-30-26-25-27-31-35)38(5,6)34-29-33-37(2,3)4/h25-27,30-31,36H,7-24,28-29,32-34H2,1-6H3/q+2. The molecule has 2 nitrogen and oxygen atoms in total. The molecule has 2 heteroatoms. The number of unbranched alkanes of at least 4 members (excludes halogenated alkanes) is 18. The summed E-state index contributed by atoms with van der Waals surface area (Å²) in [6.45, 7) is 4.82. The van der Waals surface area contributed by atoms with Crippen LogP contribution in [0, 0.1) is 0 Å². The van der Waals surface area contributed by atoms with Crippen LogP contribution in [0.4, 0.5) is 0 Å². The van der Waals surface area contributed by atoms with Gasteiger partial charge in [0.25, 0.3) is 0 Å². The molecule has 0 amide bonds. The Morgan fingerprint density at radius 2 is 0.868 bits per heavy atom. The lowest BCUT2D eigenvalue weighted by Crippen LogP contribution is -2.46. The van der Waals surface area contributed by atoms with Crippen molar-refractivity contribution in [1.82, 2.24) is 0 Å². The molecule has 0 radical (unpaired) electrons. The zero-order valence-corrected chi connectivity index (χ0v) is 27.1. The van der Waals surface area contributed by atoms with Gasteiger partial charge < -0.3 is 8.97 Å². The van der Waals surface area contributed by atoms with Crippen molar-refractivity contribution in [1.29, 1.82) is 0 Å². The molecule has 1 aromatic rings. The number of nitrogens with zero attached hydrogens (tertiary/aromatic N) is 2. The van der Waals surface area contributed by atoms with Crippen LogP contribution in [0.2, 0.25) is 0 Å². The van der Waals surface area contributed by atoms with E-state index in [1.54, 1.807) is 0 Å². The Hall–Kier alpha value is -0.860. The molecule has 1 unspecified atom stereocenters. The molecule has 0 saturated carbocycles. The van der Waals surface area contributed by atoms with Crippen LogP contribution in [-0.2, 0) is 0 Å². The number of benzene rings is 1. The van der Waals surface area contributed by atoms with Crippen LogP contribution in [0.5, 0.6) is 0 Å². The highest BCUT2D eigenvalue weighted by Gasteiger charge is 2.29. The van der Waals surface area contributed by atoms with Crippen molar-refractivity contribution in [3.8, 4) is 0 Å². The summed E-state index contributed by atoms with van der Waals surface area (Å²) in [6.07, 6.45) is 30.2. The number of quaternary nitrogens is 2. The van der Waals surface area contributed by atoms with Crippen molar-refractivity contribution in [2.75, 3.05) is 48.3 Å². The summed E-state index contributed by atoms with van der Waals surface area (Å²) in [7, 11) is 11.9. The van der Waals surface area contributed by atoms with Gasteiger partial charge in [0.1, 0.15) is 6.04 Å². The van der Waals surface area contributed by atoms with E-state index in [9.17, 15) is 0 Å². The summed E-state index contributed by atoms with van der Waals surface area (Å²) in [6, 6.07) is 12.0. The topological polar surface area (TPSA) is 0 Å². The molecule has 0 bridgehead atoms. The predicted octanol–water partition coefficient (Wildman–Crippen LogP) is 10.7. The Morgan fingerprint density at radius 3 is 1.26 bits per heavy atom. The lowest BCUT2D eigenvalue weighted by atomic mass is 9.96. The Kier molecular flexibility index (Phi) is 20.3. The summed E-state index contributed by atoms with van der Waals surface area (Å²) >= 11 is 0. The van der Waals surface area contributed by atoms with Gasteiger partial charge in [0.2, 0.25) is 0 Å². The van der Waals surface area contributed by atoms with Gasteiger partial charge in [-0.2, -0.15) is 0 Å². The van der Waals surface area contributed by atoms with Gasteiger partial charge in [0.05, 0.1) is 48.3 Å². The zero-order valence-electron chi connectivity index (χ0n) is 27.1. The lowest BCUT2D eigenvalue weighted by Gasteiger charge is -2.39. The van der Waals surface area contributed by atoms with E-state index in [2.05, 4.69) is 72.5 Å². The maximum atomic E-state index is 2.46. The van der Waals surface area contributed by atoms with Crippen LogP contribution in [0.3, 0.4) is 0 Å². The molecule has 1 atom stereocenters. The Balaban J connectivity index is 2.08. The van der Waals surface area contributed by atoms with Crippen LogP contribution in [0.1, 0.15) is 153 Å². The van der Waals surface area contributed by atoms with E-state index in [1.165, 1.54) is 153 Å². The van der Waals surface area contributed by atoms with Crippen molar-refractivity contribution in [2.24, 2.45) is 0 Å². The van der Waals surface area contributed by atoms with Gasteiger partial charge in [-0.1, -0.05) is 153 Å². The summed E-state index contributed by atoms with van der Waals surface area (Å²) in [4.78, 5) is 0. The molecule has 0 aliphatic carbocycles. The third kappa shape index (κ3) is 19.2. The number of rotatable bonds is 26. The van der Waals surface area contributed by atoms with Crippen molar-refractivity contribution in [3.05, 3.63) is 35.9 Å². The average Bonchev–Trinajstić information content (AvgIpc) is 2.87. The molecule has 0 spiro atoms. The molecular weight excluding hydrogens is 460 g/mol. The van der Waals surface area contributed by atoms with E-state index in [4.69, 9.17) is 0 Å². The van der Waals surface area contributed by atoms with Gasteiger partial charge in [-0.15, -0.1) is 0 Å². The number of hydrogen-bond acceptors (Lipinski definition) is 0. The van der Waals surface area contributed by atoms with Gasteiger partial charge in [-0.05, 0) is 6.42 Å². The fraction of sp³-hybridized carbons (Fsp3) is 0.833. The van der Waals surface area contributed by atoms with E-state index in [0.717, 1.165) is 8.97 Å². The lowest BCUT2D eigenvalue weighted by molar-refractivity contribution is -0.927.